The Hall–Kier alpha value is -0.530. The number of ketones is 1. The molecule has 0 aliphatic heterocycles. The molecule has 0 bridgehead atoms. The van der Waals surface area contributed by atoms with E-state index in [1.54, 1.807) is 11.0 Å². The summed E-state index contributed by atoms with van der Waals surface area (Å²) in [7, 11) is 0. The Bertz CT molecular complexity index is 138. The number of rotatable bonds is 6. The fourth-order valence-electron chi connectivity index (χ4n) is 0.823. The molecule has 6 heteroatoms. The molecular formula is C6H15N3O3. The third-order valence-corrected chi connectivity index (χ3v) is 1.51. The molecule has 12 heavy (non-hydrogen) atoms. The molecule has 72 valence electrons. The Morgan fingerprint density at radius 3 is 2.33 bits per heavy atom. The van der Waals surface area contributed by atoms with Gasteiger partial charge in [0.15, 0.2) is 11.9 Å². The van der Waals surface area contributed by atoms with Crippen LogP contribution in [0.25, 0.3) is 0 Å². The molecule has 6 N–H and O–H groups in total. The fourth-order valence-corrected chi connectivity index (χ4v) is 0.823. The van der Waals surface area contributed by atoms with Gasteiger partial charge < -0.3 is 16.1 Å². The number of nitrogens with one attached hydrogen (secondary N) is 2. The largest absolute Gasteiger partial charge is 0.321 e. The second-order valence-corrected chi connectivity index (χ2v) is 2.49. The van der Waals surface area contributed by atoms with Crippen LogP contribution in [0.3, 0.4) is 0 Å². The van der Waals surface area contributed by atoms with Crippen molar-refractivity contribution < 1.29 is 15.2 Å². The molecule has 6 nitrogen and oxygen atoms in total. The number of Topliss-reactive ketones (excluding diaryl/α,β-unsaturated/α-hetero) is 1. The summed E-state index contributed by atoms with van der Waals surface area (Å²) in [5.74, 6) is -0.471. The zero-order chi connectivity index (χ0) is 9.56. The second kappa shape index (κ2) is 6.04. The molecule has 0 aromatic carbocycles. The van der Waals surface area contributed by atoms with Gasteiger partial charge in [-0.3, -0.25) is 4.79 Å². The van der Waals surface area contributed by atoms with E-state index in [2.05, 4.69) is 0 Å². The van der Waals surface area contributed by atoms with Crippen LogP contribution in [0, 0.1) is 0 Å². The molecule has 1 atom stereocenters. The molecule has 0 heterocycles. The number of carbonyl (C=O) groups excluding carboxylic acids is 1. The van der Waals surface area contributed by atoms with E-state index in [1.165, 1.54) is 0 Å². The first kappa shape index (κ1) is 11.5. The Morgan fingerprint density at radius 1 is 1.50 bits per heavy atom. The molecule has 0 aliphatic rings. The van der Waals surface area contributed by atoms with Gasteiger partial charge in [-0.15, -0.1) is 0 Å². The van der Waals surface area contributed by atoms with Crippen molar-refractivity contribution in [3.05, 3.63) is 0 Å². The monoisotopic (exact) mass is 177 g/mol. The van der Waals surface area contributed by atoms with E-state index in [0.717, 1.165) is 6.42 Å². The highest BCUT2D eigenvalue weighted by molar-refractivity contribution is 5.88. The van der Waals surface area contributed by atoms with Crippen LogP contribution in [0.2, 0.25) is 0 Å². The van der Waals surface area contributed by atoms with Crippen LogP contribution >= 0.6 is 0 Å². The predicted molar refractivity (Wildman–Crippen MR) is 41.5 cm³/mol. The highest BCUT2D eigenvalue weighted by Crippen LogP contribution is 1.96. The van der Waals surface area contributed by atoms with E-state index < -0.39 is 18.0 Å². The first-order valence-corrected chi connectivity index (χ1v) is 3.75. The lowest BCUT2D eigenvalue weighted by Crippen LogP contribution is -2.52. The van der Waals surface area contributed by atoms with Gasteiger partial charge in [-0.2, -0.15) is 11.0 Å². The highest BCUT2D eigenvalue weighted by atomic mass is 16.5. The zero-order valence-electron chi connectivity index (χ0n) is 6.95. The molecule has 0 amide bonds. The van der Waals surface area contributed by atoms with E-state index in [4.69, 9.17) is 16.1 Å². The maximum atomic E-state index is 11.1. The summed E-state index contributed by atoms with van der Waals surface area (Å²) in [5, 5.41) is 16.7. The quantitative estimate of drug-likeness (QED) is 0.262. The smallest absolute Gasteiger partial charge is 0.185 e. The van der Waals surface area contributed by atoms with Crippen molar-refractivity contribution in [3.8, 4) is 0 Å². The summed E-state index contributed by atoms with van der Waals surface area (Å²) in [5.41, 5.74) is 8.63. The minimum atomic E-state index is -1.20. The van der Waals surface area contributed by atoms with Gasteiger partial charge in [0.1, 0.15) is 0 Å². The molecule has 0 aromatic heterocycles. The third kappa shape index (κ3) is 3.24. The van der Waals surface area contributed by atoms with Gasteiger partial charge in [-0.25, -0.2) is 0 Å². The van der Waals surface area contributed by atoms with Crippen molar-refractivity contribution in [2.24, 2.45) is 5.73 Å². The Balaban J connectivity index is 3.97. The molecule has 0 rings (SSSR count). The number of hydrogen-bond acceptors (Lipinski definition) is 6. The van der Waals surface area contributed by atoms with Crippen molar-refractivity contribution in [1.29, 1.82) is 0 Å². The van der Waals surface area contributed by atoms with E-state index in [1.807, 2.05) is 6.92 Å². The summed E-state index contributed by atoms with van der Waals surface area (Å²) in [6.07, 6.45) is 0.0985. The van der Waals surface area contributed by atoms with Crippen molar-refractivity contribution in [3.63, 3.8) is 0 Å². The second-order valence-electron chi connectivity index (χ2n) is 2.49. The van der Waals surface area contributed by atoms with Crippen LogP contribution in [0.1, 0.15) is 19.8 Å². The standard InChI is InChI=1S/C6H15N3O3/c1-2-3-4(7)5(10)6(8-11)9-12/h4,6,8-9,11-12H,2-3,7H2,1H3/t4-/m0/s1. The summed E-state index contributed by atoms with van der Waals surface area (Å²) < 4.78 is 0. The van der Waals surface area contributed by atoms with E-state index in [9.17, 15) is 4.79 Å². The molecule has 0 fully saturated rings. The highest BCUT2D eigenvalue weighted by Gasteiger charge is 2.21. The van der Waals surface area contributed by atoms with Crippen molar-refractivity contribution in [2.75, 3.05) is 0 Å². The molecule has 0 spiro atoms. The minimum Gasteiger partial charge on any atom is -0.321 e. The maximum absolute atomic E-state index is 11.1. The van der Waals surface area contributed by atoms with Crippen LogP contribution in [0.4, 0.5) is 0 Å². The topological polar surface area (TPSA) is 108 Å². The number of hydrogen-bond donors (Lipinski definition) is 5. The van der Waals surface area contributed by atoms with Crippen LogP contribution in [-0.2, 0) is 4.79 Å². The minimum absolute atomic E-state index is 0.471. The number of carbonyl (C=O) groups is 1. The van der Waals surface area contributed by atoms with Gasteiger partial charge >= 0.3 is 0 Å². The lowest BCUT2D eigenvalue weighted by molar-refractivity contribution is -0.130. The van der Waals surface area contributed by atoms with Crippen LogP contribution < -0.4 is 16.7 Å². The van der Waals surface area contributed by atoms with Crippen molar-refractivity contribution in [2.45, 2.75) is 32.0 Å². The SMILES string of the molecule is CCC[C@H](N)C(=O)C(NO)NO. The summed E-state index contributed by atoms with van der Waals surface area (Å²) in [4.78, 5) is 11.1. The average molecular weight is 177 g/mol. The predicted octanol–water partition coefficient (Wildman–Crippen LogP) is -1.03. The average Bonchev–Trinajstić information content (AvgIpc) is 2.07. The molecule has 0 aromatic rings. The summed E-state index contributed by atoms with van der Waals surface area (Å²) in [6.45, 7) is 1.89. The van der Waals surface area contributed by atoms with E-state index in [0.29, 0.717) is 6.42 Å². The van der Waals surface area contributed by atoms with Gasteiger partial charge in [0, 0.05) is 0 Å². The molecule has 0 saturated heterocycles. The van der Waals surface area contributed by atoms with Crippen LogP contribution in [0.15, 0.2) is 0 Å². The van der Waals surface area contributed by atoms with E-state index in [-0.39, 0.29) is 0 Å². The molecule has 0 aliphatic carbocycles. The normalized spacial score (nSPS) is 13.4. The molecule has 0 unspecified atom stereocenters. The van der Waals surface area contributed by atoms with Gasteiger partial charge in [0.25, 0.3) is 0 Å². The lowest BCUT2D eigenvalue weighted by Gasteiger charge is -2.15. The summed E-state index contributed by atoms with van der Waals surface area (Å²) >= 11 is 0. The lowest BCUT2D eigenvalue weighted by atomic mass is 10.1. The van der Waals surface area contributed by atoms with Crippen molar-refractivity contribution >= 4 is 5.78 Å². The maximum Gasteiger partial charge on any atom is 0.185 e. The van der Waals surface area contributed by atoms with E-state index >= 15 is 0 Å². The Kier molecular flexibility index (Phi) is 5.77. The summed E-state index contributed by atoms with van der Waals surface area (Å²) in [6, 6.07) is -0.667. The molecule has 0 radical (unpaired) electrons. The molecule has 0 saturated carbocycles. The van der Waals surface area contributed by atoms with Crippen LogP contribution in [0.5, 0.6) is 0 Å². The fraction of sp³-hybridized carbons (Fsp3) is 0.833. The number of hydroxylamine groups is 2. The van der Waals surface area contributed by atoms with Gasteiger partial charge in [0.05, 0.1) is 6.04 Å². The van der Waals surface area contributed by atoms with Gasteiger partial charge in [-0.05, 0) is 6.42 Å². The van der Waals surface area contributed by atoms with Gasteiger partial charge in [-0.1, -0.05) is 13.3 Å². The van der Waals surface area contributed by atoms with Crippen LogP contribution in [-0.4, -0.2) is 28.4 Å². The Labute approximate surface area is 70.7 Å². The Morgan fingerprint density at radius 2 is 2.00 bits per heavy atom. The first-order chi connectivity index (χ1) is 5.67. The number of nitrogens with two attached hydrogens (primary N) is 1. The first-order valence-electron chi connectivity index (χ1n) is 3.75. The zero-order valence-corrected chi connectivity index (χ0v) is 6.95. The molecular weight excluding hydrogens is 162 g/mol. The van der Waals surface area contributed by atoms with Gasteiger partial charge in [0.2, 0.25) is 0 Å². The van der Waals surface area contributed by atoms with Crippen molar-refractivity contribution in [1.82, 2.24) is 11.0 Å². The third-order valence-electron chi connectivity index (χ3n) is 1.51.